The molecule has 1 amide bonds. The summed E-state index contributed by atoms with van der Waals surface area (Å²) in [6.45, 7) is 0. The second-order valence-electron chi connectivity index (χ2n) is 6.94. The van der Waals surface area contributed by atoms with Crippen LogP contribution in [-0.4, -0.2) is 38.2 Å². The first-order valence-electron chi connectivity index (χ1n) is 9.44. The third kappa shape index (κ3) is 4.32. The number of rotatable bonds is 6. The minimum atomic E-state index is -0.725. The molecule has 0 bridgehead atoms. The van der Waals surface area contributed by atoms with Crippen LogP contribution in [0, 0.1) is 0 Å². The molecular formula is C19H22N8O2. The molecule has 1 aliphatic carbocycles. The van der Waals surface area contributed by atoms with E-state index in [1.54, 1.807) is 6.20 Å². The normalized spacial score (nSPS) is 18.9. The Balaban J connectivity index is 1.60. The maximum atomic E-state index is 11.8. The van der Waals surface area contributed by atoms with Crippen LogP contribution in [0.5, 0.6) is 0 Å². The van der Waals surface area contributed by atoms with Crippen LogP contribution in [-0.2, 0) is 0 Å². The SMILES string of the molecule is NC(=O)c1nnc(N[C@@H]2CCCC[C@@H]2N)nc1Nc1cccc(-c2ncco2)c1. The summed E-state index contributed by atoms with van der Waals surface area (Å²) in [6, 6.07) is 7.43. The maximum absolute atomic E-state index is 11.8. The number of primary amides is 1. The fourth-order valence-corrected chi connectivity index (χ4v) is 3.38. The van der Waals surface area contributed by atoms with Crippen molar-refractivity contribution in [2.45, 2.75) is 37.8 Å². The number of amides is 1. The first-order valence-corrected chi connectivity index (χ1v) is 9.44. The Morgan fingerprint density at radius 1 is 1.21 bits per heavy atom. The van der Waals surface area contributed by atoms with Crippen LogP contribution in [0.25, 0.3) is 11.5 Å². The Labute approximate surface area is 167 Å². The fraction of sp³-hybridized carbons (Fsp3) is 0.316. The number of nitrogens with two attached hydrogens (primary N) is 2. The number of carbonyl (C=O) groups excluding carboxylic acids is 1. The topological polar surface area (TPSA) is 158 Å². The van der Waals surface area contributed by atoms with Crippen molar-refractivity contribution < 1.29 is 9.21 Å². The van der Waals surface area contributed by atoms with Crippen molar-refractivity contribution in [1.29, 1.82) is 0 Å². The van der Waals surface area contributed by atoms with Crippen LogP contribution in [0.4, 0.5) is 17.5 Å². The van der Waals surface area contributed by atoms with Crippen molar-refractivity contribution in [3.63, 3.8) is 0 Å². The monoisotopic (exact) mass is 394 g/mol. The molecule has 0 spiro atoms. The first kappa shape index (κ1) is 18.8. The summed E-state index contributed by atoms with van der Waals surface area (Å²) in [5, 5.41) is 14.3. The molecule has 10 nitrogen and oxygen atoms in total. The third-order valence-electron chi connectivity index (χ3n) is 4.86. The van der Waals surface area contributed by atoms with Gasteiger partial charge in [0.15, 0.2) is 11.5 Å². The van der Waals surface area contributed by atoms with Crippen molar-refractivity contribution in [2.75, 3.05) is 10.6 Å². The van der Waals surface area contributed by atoms with Crippen LogP contribution in [0.15, 0.2) is 41.1 Å². The Morgan fingerprint density at radius 3 is 2.83 bits per heavy atom. The van der Waals surface area contributed by atoms with Gasteiger partial charge in [-0.25, -0.2) is 4.98 Å². The van der Waals surface area contributed by atoms with Crippen LogP contribution < -0.4 is 22.1 Å². The van der Waals surface area contributed by atoms with Crippen LogP contribution in [0.2, 0.25) is 0 Å². The molecule has 2 aromatic heterocycles. The van der Waals surface area contributed by atoms with Gasteiger partial charge >= 0.3 is 0 Å². The summed E-state index contributed by atoms with van der Waals surface area (Å²) in [4.78, 5) is 20.4. The molecule has 1 aromatic carbocycles. The standard InChI is InChI=1S/C19H22N8O2/c20-13-6-1-2-7-14(13)24-19-25-17(15(16(21)28)26-27-19)23-12-5-3-4-11(10-12)18-22-8-9-29-18/h3-5,8-10,13-14H,1-2,6-7,20H2,(H2,21,28)(H2,23,24,25,27)/t13-,14+/m0/s1. The molecule has 29 heavy (non-hydrogen) atoms. The largest absolute Gasteiger partial charge is 0.445 e. The first-order chi connectivity index (χ1) is 14.1. The number of oxazole rings is 1. The van der Waals surface area contributed by atoms with Crippen molar-refractivity contribution in [3.8, 4) is 11.5 Å². The molecule has 4 rings (SSSR count). The summed E-state index contributed by atoms with van der Waals surface area (Å²) in [7, 11) is 0. The highest BCUT2D eigenvalue weighted by molar-refractivity contribution is 5.96. The third-order valence-corrected chi connectivity index (χ3v) is 4.86. The zero-order valence-electron chi connectivity index (χ0n) is 15.7. The van der Waals surface area contributed by atoms with Crippen molar-refractivity contribution in [1.82, 2.24) is 20.2 Å². The highest BCUT2D eigenvalue weighted by atomic mass is 16.3. The van der Waals surface area contributed by atoms with Gasteiger partial charge in [0.05, 0.1) is 6.20 Å². The quantitative estimate of drug-likeness (QED) is 0.491. The Morgan fingerprint density at radius 2 is 2.07 bits per heavy atom. The Hall–Kier alpha value is -3.53. The van der Waals surface area contributed by atoms with Gasteiger partial charge < -0.3 is 26.5 Å². The van der Waals surface area contributed by atoms with Gasteiger partial charge in [-0.05, 0) is 31.0 Å². The maximum Gasteiger partial charge on any atom is 0.273 e. The molecule has 3 aromatic rings. The van der Waals surface area contributed by atoms with Gasteiger partial charge in [-0.15, -0.1) is 10.2 Å². The second-order valence-corrected chi connectivity index (χ2v) is 6.94. The molecule has 2 heterocycles. The van der Waals surface area contributed by atoms with Gasteiger partial charge in [0.25, 0.3) is 5.91 Å². The minimum absolute atomic E-state index is 0.0250. The lowest BCUT2D eigenvalue weighted by molar-refractivity contribution is 0.0995. The number of hydrogen-bond acceptors (Lipinski definition) is 9. The minimum Gasteiger partial charge on any atom is -0.445 e. The number of nitrogens with one attached hydrogen (secondary N) is 2. The molecular weight excluding hydrogens is 372 g/mol. The predicted molar refractivity (Wildman–Crippen MR) is 107 cm³/mol. The van der Waals surface area contributed by atoms with E-state index in [4.69, 9.17) is 15.9 Å². The molecule has 1 fully saturated rings. The molecule has 0 saturated heterocycles. The molecule has 6 N–H and O–H groups in total. The van der Waals surface area contributed by atoms with E-state index >= 15 is 0 Å². The predicted octanol–water partition coefficient (Wildman–Crippen LogP) is 2.05. The Kier molecular flexibility index (Phi) is 5.34. The summed E-state index contributed by atoms with van der Waals surface area (Å²) in [5.74, 6) is 0.267. The van der Waals surface area contributed by atoms with Gasteiger partial charge in [0, 0.05) is 23.3 Å². The van der Waals surface area contributed by atoms with Crippen molar-refractivity contribution >= 4 is 23.4 Å². The highest BCUT2D eigenvalue weighted by Crippen LogP contribution is 2.25. The van der Waals surface area contributed by atoms with Crippen LogP contribution in [0.3, 0.4) is 0 Å². The Bertz CT molecular complexity index is 992. The highest BCUT2D eigenvalue weighted by Gasteiger charge is 2.23. The average Bonchev–Trinajstić information content (AvgIpc) is 3.25. The second kappa shape index (κ2) is 8.23. The smallest absolute Gasteiger partial charge is 0.273 e. The molecule has 0 radical (unpaired) electrons. The number of anilines is 3. The number of aromatic nitrogens is 4. The molecule has 0 aliphatic heterocycles. The molecule has 1 aliphatic rings. The van der Waals surface area contributed by atoms with Crippen LogP contribution in [0.1, 0.15) is 36.2 Å². The van der Waals surface area contributed by atoms with Gasteiger partial charge in [0.2, 0.25) is 11.8 Å². The molecule has 10 heteroatoms. The molecule has 0 unspecified atom stereocenters. The van der Waals surface area contributed by atoms with Gasteiger partial charge in [-0.3, -0.25) is 4.79 Å². The fourth-order valence-electron chi connectivity index (χ4n) is 3.38. The van der Waals surface area contributed by atoms with Crippen LogP contribution >= 0.6 is 0 Å². The van der Waals surface area contributed by atoms with E-state index in [1.807, 2.05) is 24.3 Å². The zero-order chi connectivity index (χ0) is 20.2. The van der Waals surface area contributed by atoms with Crippen molar-refractivity contribution in [3.05, 3.63) is 42.4 Å². The van der Waals surface area contributed by atoms with E-state index in [-0.39, 0.29) is 23.6 Å². The van der Waals surface area contributed by atoms with Gasteiger partial charge in [0.1, 0.15) is 6.26 Å². The summed E-state index contributed by atoms with van der Waals surface area (Å²) in [5.41, 5.74) is 13.0. The van der Waals surface area contributed by atoms with Crippen molar-refractivity contribution in [2.24, 2.45) is 11.5 Å². The van der Waals surface area contributed by atoms with E-state index in [1.165, 1.54) is 6.26 Å². The molecule has 2 atom stereocenters. The van der Waals surface area contributed by atoms with E-state index < -0.39 is 5.91 Å². The number of carbonyl (C=O) groups is 1. The van der Waals surface area contributed by atoms with E-state index in [9.17, 15) is 4.79 Å². The number of benzene rings is 1. The summed E-state index contributed by atoms with van der Waals surface area (Å²) in [6.07, 6.45) is 7.17. The zero-order valence-corrected chi connectivity index (χ0v) is 15.7. The average molecular weight is 394 g/mol. The van der Waals surface area contributed by atoms with E-state index in [0.29, 0.717) is 17.5 Å². The van der Waals surface area contributed by atoms with E-state index in [0.717, 1.165) is 31.2 Å². The number of hydrogen-bond donors (Lipinski definition) is 4. The lowest BCUT2D eigenvalue weighted by Crippen LogP contribution is -2.43. The van der Waals surface area contributed by atoms with Gasteiger partial charge in [-0.2, -0.15) is 4.98 Å². The lowest BCUT2D eigenvalue weighted by Gasteiger charge is -2.29. The molecule has 1 saturated carbocycles. The van der Waals surface area contributed by atoms with E-state index in [2.05, 4.69) is 30.8 Å². The lowest BCUT2D eigenvalue weighted by atomic mass is 9.91. The van der Waals surface area contributed by atoms with Gasteiger partial charge in [-0.1, -0.05) is 18.9 Å². The summed E-state index contributed by atoms with van der Waals surface area (Å²) >= 11 is 0. The number of nitrogens with zero attached hydrogens (tertiary/aromatic N) is 4. The molecule has 150 valence electrons. The summed E-state index contributed by atoms with van der Waals surface area (Å²) < 4.78 is 5.33.